The maximum atomic E-state index is 13.7. The van der Waals surface area contributed by atoms with Gasteiger partial charge in [0.2, 0.25) is 0 Å². The summed E-state index contributed by atoms with van der Waals surface area (Å²) in [6, 6.07) is 10.5. The minimum atomic E-state index is -0.376. The summed E-state index contributed by atoms with van der Waals surface area (Å²) in [6.45, 7) is 2.00. The second-order valence-electron chi connectivity index (χ2n) is 5.02. The van der Waals surface area contributed by atoms with Crippen LogP contribution in [0.2, 0.25) is 0 Å². The minimum absolute atomic E-state index is 0.237. The van der Waals surface area contributed by atoms with E-state index in [4.69, 9.17) is 15.2 Å². The van der Waals surface area contributed by atoms with Crippen LogP contribution in [-0.4, -0.2) is 14.2 Å². The highest BCUT2D eigenvalue weighted by atomic mass is 19.1. The van der Waals surface area contributed by atoms with Crippen LogP contribution < -0.4 is 15.2 Å². The van der Waals surface area contributed by atoms with E-state index in [-0.39, 0.29) is 17.6 Å². The zero-order valence-electron chi connectivity index (χ0n) is 12.5. The number of nitrogens with two attached hydrogens (primary N) is 1. The van der Waals surface area contributed by atoms with Gasteiger partial charge in [-0.25, -0.2) is 4.39 Å². The van der Waals surface area contributed by atoms with Gasteiger partial charge in [0.1, 0.15) is 5.75 Å². The van der Waals surface area contributed by atoms with E-state index >= 15 is 0 Å². The van der Waals surface area contributed by atoms with Crippen molar-refractivity contribution < 1.29 is 13.9 Å². The fourth-order valence-corrected chi connectivity index (χ4v) is 2.34. The Hall–Kier alpha value is -2.07. The lowest BCUT2D eigenvalue weighted by molar-refractivity contribution is 0.386. The van der Waals surface area contributed by atoms with Crippen LogP contribution >= 0.6 is 0 Å². The third-order valence-electron chi connectivity index (χ3n) is 3.46. The van der Waals surface area contributed by atoms with Crippen molar-refractivity contribution in [2.75, 3.05) is 14.2 Å². The van der Waals surface area contributed by atoms with Crippen LogP contribution in [0, 0.1) is 12.7 Å². The molecule has 0 aliphatic carbocycles. The topological polar surface area (TPSA) is 44.5 Å². The van der Waals surface area contributed by atoms with Crippen LogP contribution in [0.25, 0.3) is 0 Å². The van der Waals surface area contributed by atoms with E-state index in [1.54, 1.807) is 13.2 Å². The lowest BCUT2D eigenvalue weighted by Gasteiger charge is -2.17. The maximum Gasteiger partial charge on any atom is 0.165 e. The smallest absolute Gasteiger partial charge is 0.165 e. The zero-order valence-corrected chi connectivity index (χ0v) is 12.5. The number of hydrogen-bond acceptors (Lipinski definition) is 3. The van der Waals surface area contributed by atoms with E-state index < -0.39 is 0 Å². The number of aryl methyl sites for hydroxylation is 1. The predicted molar refractivity (Wildman–Crippen MR) is 81.3 cm³/mol. The maximum absolute atomic E-state index is 13.7. The molecule has 0 saturated carbocycles. The first-order chi connectivity index (χ1) is 10.0. The first kappa shape index (κ1) is 15.3. The summed E-state index contributed by atoms with van der Waals surface area (Å²) in [7, 11) is 3.06. The molecule has 0 aliphatic rings. The molecular formula is C17H20FNO2. The van der Waals surface area contributed by atoms with Crippen molar-refractivity contribution in [1.29, 1.82) is 0 Å². The molecule has 0 radical (unpaired) electrons. The molecule has 0 spiro atoms. The Balaban J connectivity index is 2.23. The summed E-state index contributed by atoms with van der Waals surface area (Å²) in [5.41, 5.74) is 9.12. The van der Waals surface area contributed by atoms with Crippen LogP contribution in [0.15, 0.2) is 36.4 Å². The summed E-state index contributed by atoms with van der Waals surface area (Å²) in [6.07, 6.45) is 0.528. The van der Waals surface area contributed by atoms with Gasteiger partial charge in [-0.05, 0) is 37.1 Å². The first-order valence-electron chi connectivity index (χ1n) is 6.77. The number of ether oxygens (including phenoxy) is 2. The molecule has 1 unspecified atom stereocenters. The normalized spacial score (nSPS) is 12.0. The fourth-order valence-electron chi connectivity index (χ4n) is 2.34. The molecule has 1 atom stereocenters. The molecule has 21 heavy (non-hydrogen) atoms. The van der Waals surface area contributed by atoms with Crippen LogP contribution in [0.4, 0.5) is 4.39 Å². The van der Waals surface area contributed by atoms with Gasteiger partial charge in [-0.1, -0.05) is 23.8 Å². The number of rotatable bonds is 5. The monoisotopic (exact) mass is 289 g/mol. The predicted octanol–water partition coefficient (Wildman–Crippen LogP) is 3.39. The number of halogens is 1. The molecule has 2 N–H and O–H groups in total. The van der Waals surface area contributed by atoms with Crippen molar-refractivity contribution >= 4 is 0 Å². The van der Waals surface area contributed by atoms with Gasteiger partial charge in [-0.3, -0.25) is 0 Å². The highest BCUT2D eigenvalue weighted by molar-refractivity contribution is 5.40. The van der Waals surface area contributed by atoms with Gasteiger partial charge in [0.05, 0.1) is 14.2 Å². The van der Waals surface area contributed by atoms with Gasteiger partial charge in [0.25, 0.3) is 0 Å². The molecule has 2 aromatic carbocycles. The van der Waals surface area contributed by atoms with E-state index in [1.807, 2.05) is 31.2 Å². The number of benzene rings is 2. The van der Waals surface area contributed by atoms with Crippen molar-refractivity contribution in [3.05, 3.63) is 58.9 Å². The van der Waals surface area contributed by atoms with Crippen molar-refractivity contribution in [2.24, 2.45) is 5.73 Å². The lowest BCUT2D eigenvalue weighted by atomic mass is 9.97. The standard InChI is InChI=1S/C17H20FNO2/c1-11-4-6-16(20-2)13(8-11)15(19)10-12-5-7-17(21-3)14(18)9-12/h4-9,15H,10,19H2,1-3H3. The molecule has 0 bridgehead atoms. The SMILES string of the molecule is COc1ccc(CC(N)c2cc(C)ccc2OC)cc1F. The summed E-state index contributed by atoms with van der Waals surface area (Å²) >= 11 is 0. The summed E-state index contributed by atoms with van der Waals surface area (Å²) < 4.78 is 24.0. The van der Waals surface area contributed by atoms with E-state index in [2.05, 4.69) is 0 Å². The summed E-state index contributed by atoms with van der Waals surface area (Å²) in [5.74, 6) is 0.612. The van der Waals surface area contributed by atoms with Crippen molar-refractivity contribution in [2.45, 2.75) is 19.4 Å². The molecular weight excluding hydrogens is 269 g/mol. The van der Waals surface area contributed by atoms with Gasteiger partial charge < -0.3 is 15.2 Å². The summed E-state index contributed by atoms with van der Waals surface area (Å²) in [5, 5.41) is 0. The number of hydrogen-bond donors (Lipinski definition) is 1. The molecule has 2 aromatic rings. The van der Waals surface area contributed by atoms with E-state index in [0.29, 0.717) is 6.42 Å². The molecule has 0 amide bonds. The Morgan fingerprint density at radius 3 is 2.33 bits per heavy atom. The first-order valence-corrected chi connectivity index (χ1v) is 6.77. The Morgan fingerprint density at radius 2 is 1.71 bits per heavy atom. The molecule has 0 aliphatic heterocycles. The highest BCUT2D eigenvalue weighted by Crippen LogP contribution is 2.28. The molecule has 0 heterocycles. The number of methoxy groups -OCH3 is 2. The highest BCUT2D eigenvalue weighted by Gasteiger charge is 2.14. The van der Waals surface area contributed by atoms with Gasteiger partial charge in [0, 0.05) is 11.6 Å². The van der Waals surface area contributed by atoms with Gasteiger partial charge in [-0.2, -0.15) is 0 Å². The Labute approximate surface area is 124 Å². The van der Waals surface area contributed by atoms with Crippen molar-refractivity contribution in [1.82, 2.24) is 0 Å². The largest absolute Gasteiger partial charge is 0.496 e. The van der Waals surface area contributed by atoms with Crippen molar-refractivity contribution in [3.8, 4) is 11.5 Å². The Kier molecular flexibility index (Phi) is 4.81. The Bertz CT molecular complexity index is 628. The second kappa shape index (κ2) is 6.59. The van der Waals surface area contributed by atoms with Crippen LogP contribution in [0.3, 0.4) is 0 Å². The molecule has 4 heteroatoms. The quantitative estimate of drug-likeness (QED) is 0.917. The molecule has 3 nitrogen and oxygen atoms in total. The van der Waals surface area contributed by atoms with Gasteiger partial charge in [-0.15, -0.1) is 0 Å². The van der Waals surface area contributed by atoms with Crippen LogP contribution in [-0.2, 0) is 6.42 Å². The van der Waals surface area contributed by atoms with E-state index in [1.165, 1.54) is 13.2 Å². The fraction of sp³-hybridized carbons (Fsp3) is 0.294. The zero-order chi connectivity index (χ0) is 15.4. The molecule has 0 aromatic heterocycles. The minimum Gasteiger partial charge on any atom is -0.496 e. The summed E-state index contributed by atoms with van der Waals surface area (Å²) in [4.78, 5) is 0. The third-order valence-corrected chi connectivity index (χ3v) is 3.46. The van der Waals surface area contributed by atoms with E-state index in [9.17, 15) is 4.39 Å². The average Bonchev–Trinajstić information content (AvgIpc) is 2.47. The molecule has 112 valence electrons. The van der Waals surface area contributed by atoms with Gasteiger partial charge in [0.15, 0.2) is 11.6 Å². The van der Waals surface area contributed by atoms with Crippen LogP contribution in [0.1, 0.15) is 22.7 Å². The van der Waals surface area contributed by atoms with Gasteiger partial charge >= 0.3 is 0 Å². The van der Waals surface area contributed by atoms with Crippen molar-refractivity contribution in [3.63, 3.8) is 0 Å². The lowest BCUT2D eigenvalue weighted by Crippen LogP contribution is -2.15. The van der Waals surface area contributed by atoms with Crippen LogP contribution in [0.5, 0.6) is 11.5 Å². The average molecular weight is 289 g/mol. The molecule has 0 fully saturated rings. The molecule has 2 rings (SSSR count). The molecule has 0 saturated heterocycles. The Morgan fingerprint density at radius 1 is 1.05 bits per heavy atom. The third kappa shape index (κ3) is 3.52. The van der Waals surface area contributed by atoms with E-state index in [0.717, 1.165) is 22.4 Å². The second-order valence-corrected chi connectivity index (χ2v) is 5.02.